The Kier molecular flexibility index (Phi) is 5.20. The highest BCUT2D eigenvalue weighted by Gasteiger charge is 2.28. The first-order valence-corrected chi connectivity index (χ1v) is 10.9. The molecule has 1 N–H and O–H groups in total. The van der Waals surface area contributed by atoms with Crippen LogP contribution in [0.3, 0.4) is 0 Å². The lowest BCUT2D eigenvalue weighted by Crippen LogP contribution is -2.28. The SMILES string of the molecule is O=C(Nc1ccc(-c2nc3ccccc3s2)cn1)c1ccc(CN2C(=O)CCC2=O)cc1. The van der Waals surface area contributed by atoms with Gasteiger partial charge in [0.15, 0.2) is 0 Å². The number of aromatic nitrogens is 2. The highest BCUT2D eigenvalue weighted by Crippen LogP contribution is 2.29. The van der Waals surface area contributed by atoms with Gasteiger partial charge >= 0.3 is 0 Å². The number of carbonyl (C=O) groups is 3. The van der Waals surface area contributed by atoms with Gasteiger partial charge in [0, 0.05) is 30.2 Å². The number of thiazole rings is 1. The molecular weight excluding hydrogens is 424 g/mol. The summed E-state index contributed by atoms with van der Waals surface area (Å²) in [6.45, 7) is 0.231. The molecule has 1 fully saturated rings. The van der Waals surface area contributed by atoms with E-state index in [0.29, 0.717) is 11.4 Å². The van der Waals surface area contributed by atoms with E-state index in [2.05, 4.69) is 15.3 Å². The number of rotatable bonds is 5. The van der Waals surface area contributed by atoms with Gasteiger partial charge in [-0.25, -0.2) is 9.97 Å². The number of amides is 3. The highest BCUT2D eigenvalue weighted by molar-refractivity contribution is 7.21. The number of imide groups is 1. The van der Waals surface area contributed by atoms with Gasteiger partial charge in [-0.15, -0.1) is 11.3 Å². The van der Waals surface area contributed by atoms with Crippen LogP contribution >= 0.6 is 11.3 Å². The highest BCUT2D eigenvalue weighted by atomic mass is 32.1. The Morgan fingerprint density at radius 1 is 0.969 bits per heavy atom. The smallest absolute Gasteiger partial charge is 0.256 e. The number of benzene rings is 2. The minimum absolute atomic E-state index is 0.155. The van der Waals surface area contributed by atoms with Crippen LogP contribution in [0.5, 0.6) is 0 Å². The number of hydrogen-bond acceptors (Lipinski definition) is 6. The van der Waals surface area contributed by atoms with Gasteiger partial charge in [0.1, 0.15) is 10.8 Å². The number of likely N-dealkylation sites (tertiary alicyclic amines) is 1. The molecular formula is C24H18N4O3S. The van der Waals surface area contributed by atoms with Crippen molar-refractivity contribution in [1.82, 2.24) is 14.9 Å². The molecule has 8 heteroatoms. The third-order valence-electron chi connectivity index (χ3n) is 5.26. The zero-order valence-corrected chi connectivity index (χ0v) is 17.8. The molecule has 32 heavy (non-hydrogen) atoms. The average molecular weight is 443 g/mol. The van der Waals surface area contributed by atoms with Crippen molar-refractivity contribution in [3.05, 3.63) is 78.0 Å². The van der Waals surface area contributed by atoms with Crippen molar-refractivity contribution >= 4 is 45.1 Å². The fourth-order valence-electron chi connectivity index (χ4n) is 3.52. The number of hydrogen-bond donors (Lipinski definition) is 1. The molecule has 4 aromatic rings. The zero-order chi connectivity index (χ0) is 22.1. The van der Waals surface area contributed by atoms with Gasteiger partial charge in [0.05, 0.1) is 16.8 Å². The topological polar surface area (TPSA) is 92.3 Å². The van der Waals surface area contributed by atoms with Crippen LogP contribution in [0.15, 0.2) is 66.9 Å². The molecule has 158 valence electrons. The van der Waals surface area contributed by atoms with Crippen molar-refractivity contribution < 1.29 is 14.4 Å². The number of pyridine rings is 1. The van der Waals surface area contributed by atoms with Crippen molar-refractivity contribution in [3.63, 3.8) is 0 Å². The molecule has 2 aromatic heterocycles. The van der Waals surface area contributed by atoms with E-state index in [1.807, 2.05) is 30.3 Å². The maximum Gasteiger partial charge on any atom is 0.256 e. The second kappa shape index (κ2) is 8.32. The van der Waals surface area contributed by atoms with Crippen molar-refractivity contribution in [2.75, 3.05) is 5.32 Å². The predicted octanol–water partition coefficient (Wildman–Crippen LogP) is 4.26. The summed E-state index contributed by atoms with van der Waals surface area (Å²) < 4.78 is 1.11. The normalized spacial score (nSPS) is 13.7. The number of nitrogens with zero attached hydrogens (tertiary/aromatic N) is 3. The van der Waals surface area contributed by atoms with Gasteiger partial charge in [-0.05, 0) is 42.0 Å². The number of fused-ring (bicyclic) bond motifs is 1. The summed E-state index contributed by atoms with van der Waals surface area (Å²) in [6.07, 6.45) is 2.23. The second-order valence-corrected chi connectivity index (χ2v) is 8.47. The van der Waals surface area contributed by atoms with E-state index in [1.165, 1.54) is 4.90 Å². The summed E-state index contributed by atoms with van der Waals surface area (Å²) in [6, 6.07) is 18.4. The molecule has 0 aliphatic carbocycles. The summed E-state index contributed by atoms with van der Waals surface area (Å²) in [5.41, 5.74) is 3.10. The van der Waals surface area contributed by atoms with E-state index >= 15 is 0 Å². The molecule has 0 unspecified atom stereocenters. The number of anilines is 1. The largest absolute Gasteiger partial charge is 0.307 e. The lowest BCUT2D eigenvalue weighted by molar-refractivity contribution is -0.139. The van der Waals surface area contributed by atoms with Crippen molar-refractivity contribution in [2.45, 2.75) is 19.4 Å². The van der Waals surface area contributed by atoms with Crippen LogP contribution < -0.4 is 5.32 Å². The molecule has 7 nitrogen and oxygen atoms in total. The molecule has 0 saturated carbocycles. The van der Waals surface area contributed by atoms with E-state index in [4.69, 9.17) is 0 Å². The van der Waals surface area contributed by atoms with Crippen molar-refractivity contribution in [2.24, 2.45) is 0 Å². The van der Waals surface area contributed by atoms with Gasteiger partial charge in [-0.1, -0.05) is 24.3 Å². The summed E-state index contributed by atoms with van der Waals surface area (Å²) >= 11 is 1.60. The fraction of sp³-hybridized carbons (Fsp3) is 0.125. The van der Waals surface area contributed by atoms with Crippen LogP contribution in [0.4, 0.5) is 5.82 Å². The lowest BCUT2D eigenvalue weighted by Gasteiger charge is -2.14. The van der Waals surface area contributed by atoms with Crippen molar-refractivity contribution in [3.8, 4) is 10.6 Å². The predicted molar refractivity (Wildman–Crippen MR) is 122 cm³/mol. The quantitative estimate of drug-likeness (QED) is 0.466. The minimum atomic E-state index is -0.287. The number of nitrogens with one attached hydrogen (secondary N) is 1. The molecule has 1 aliphatic heterocycles. The maximum absolute atomic E-state index is 12.6. The zero-order valence-electron chi connectivity index (χ0n) is 16.9. The van der Waals surface area contributed by atoms with Gasteiger partial charge in [0.25, 0.3) is 5.91 Å². The van der Waals surface area contributed by atoms with E-state index in [1.54, 1.807) is 47.9 Å². The molecule has 0 bridgehead atoms. The molecule has 1 aliphatic rings. The Bertz CT molecular complexity index is 1280. The summed E-state index contributed by atoms with van der Waals surface area (Å²) in [5.74, 6) is -0.156. The summed E-state index contributed by atoms with van der Waals surface area (Å²) in [7, 11) is 0. The van der Waals surface area contributed by atoms with Crippen LogP contribution in [-0.2, 0) is 16.1 Å². The Morgan fingerprint density at radius 2 is 1.72 bits per heavy atom. The first-order chi connectivity index (χ1) is 15.6. The molecule has 0 spiro atoms. The maximum atomic E-state index is 12.6. The Hall–Kier alpha value is -3.91. The van der Waals surface area contributed by atoms with Gasteiger partial charge in [-0.3, -0.25) is 19.3 Å². The van der Waals surface area contributed by atoms with Gasteiger partial charge in [-0.2, -0.15) is 0 Å². The molecule has 1 saturated heterocycles. The molecule has 0 atom stereocenters. The molecule has 0 radical (unpaired) electrons. The number of para-hydroxylation sites is 1. The fourth-order valence-corrected chi connectivity index (χ4v) is 4.48. The third kappa shape index (κ3) is 4.00. The van der Waals surface area contributed by atoms with E-state index in [9.17, 15) is 14.4 Å². The van der Waals surface area contributed by atoms with E-state index in [-0.39, 0.29) is 37.1 Å². The van der Waals surface area contributed by atoms with Crippen LogP contribution in [-0.4, -0.2) is 32.6 Å². The molecule has 2 aromatic carbocycles. The van der Waals surface area contributed by atoms with E-state index in [0.717, 1.165) is 26.4 Å². The Morgan fingerprint density at radius 3 is 2.41 bits per heavy atom. The third-order valence-corrected chi connectivity index (χ3v) is 6.34. The standard InChI is InChI=1S/C24H18N4O3S/c29-21-11-12-22(30)28(21)14-15-5-7-16(8-6-15)23(31)27-20-10-9-17(13-25-20)24-26-18-3-1-2-4-19(18)32-24/h1-10,13H,11-12,14H2,(H,25,27,31). The average Bonchev–Trinajstić information content (AvgIpc) is 3.38. The molecule has 3 amide bonds. The van der Waals surface area contributed by atoms with Crippen LogP contribution in [0.25, 0.3) is 20.8 Å². The number of carbonyl (C=O) groups excluding carboxylic acids is 3. The Labute approximate surface area is 187 Å². The molecule has 5 rings (SSSR count). The summed E-state index contributed by atoms with van der Waals surface area (Å²) in [4.78, 5) is 46.3. The minimum Gasteiger partial charge on any atom is -0.307 e. The van der Waals surface area contributed by atoms with Gasteiger partial charge < -0.3 is 5.32 Å². The first-order valence-electron chi connectivity index (χ1n) is 10.1. The Balaban J connectivity index is 1.24. The van der Waals surface area contributed by atoms with Gasteiger partial charge in [0.2, 0.25) is 11.8 Å². The first kappa shape index (κ1) is 20.0. The summed E-state index contributed by atoms with van der Waals surface area (Å²) in [5, 5.41) is 3.66. The van der Waals surface area contributed by atoms with E-state index < -0.39 is 0 Å². The lowest BCUT2D eigenvalue weighted by atomic mass is 10.1. The van der Waals surface area contributed by atoms with Crippen molar-refractivity contribution in [1.29, 1.82) is 0 Å². The van der Waals surface area contributed by atoms with Crippen LogP contribution in [0, 0.1) is 0 Å². The second-order valence-electron chi connectivity index (χ2n) is 7.44. The molecule has 3 heterocycles. The monoisotopic (exact) mass is 442 g/mol. The van der Waals surface area contributed by atoms with Crippen LogP contribution in [0.2, 0.25) is 0 Å². The van der Waals surface area contributed by atoms with Crippen LogP contribution in [0.1, 0.15) is 28.8 Å².